The van der Waals surface area contributed by atoms with Crippen molar-refractivity contribution in [2.75, 3.05) is 26.2 Å². The van der Waals surface area contributed by atoms with Gasteiger partial charge in [-0.15, -0.1) is 0 Å². The van der Waals surface area contributed by atoms with Crippen LogP contribution in [0.15, 0.2) is 28.7 Å². The smallest absolute Gasteiger partial charge is 0.409 e. The van der Waals surface area contributed by atoms with E-state index in [0.29, 0.717) is 38.4 Å². The molecule has 4 rings (SSSR count). The van der Waals surface area contributed by atoms with Crippen molar-refractivity contribution < 1.29 is 14.3 Å². The average Bonchev–Trinajstić information content (AvgIpc) is 3.29. The topological polar surface area (TPSA) is 76.5 Å². The minimum atomic E-state index is -0.270. The minimum absolute atomic E-state index is 0.143. The van der Waals surface area contributed by atoms with Crippen molar-refractivity contribution in [2.24, 2.45) is 0 Å². The number of hydrogen-bond acceptors (Lipinski definition) is 4. The molecule has 28 heavy (non-hydrogen) atoms. The van der Waals surface area contributed by atoms with E-state index in [1.54, 1.807) is 4.90 Å². The van der Waals surface area contributed by atoms with Crippen molar-refractivity contribution in [1.82, 2.24) is 20.0 Å². The number of ether oxygens (including phenoxy) is 1. The summed E-state index contributed by atoms with van der Waals surface area (Å²) in [6.07, 6.45) is 4.42. The van der Waals surface area contributed by atoms with Crippen LogP contribution in [0.2, 0.25) is 0 Å². The van der Waals surface area contributed by atoms with Crippen LogP contribution in [0.25, 0.3) is 5.69 Å². The summed E-state index contributed by atoms with van der Waals surface area (Å²) in [5, 5.41) is 7.63. The lowest BCUT2D eigenvalue weighted by Crippen LogP contribution is -2.31. The minimum Gasteiger partial charge on any atom is -0.448 e. The Morgan fingerprint density at radius 2 is 2.14 bits per heavy atom. The fraction of sp³-hybridized carbons (Fsp3) is 0.450. The Labute approximate surface area is 172 Å². The van der Waals surface area contributed by atoms with Gasteiger partial charge in [-0.3, -0.25) is 4.79 Å². The monoisotopic (exact) mass is 446 g/mol. The van der Waals surface area contributed by atoms with Gasteiger partial charge in [0.25, 0.3) is 5.91 Å². The molecular weight excluding hydrogens is 424 g/mol. The van der Waals surface area contributed by atoms with Gasteiger partial charge in [-0.1, -0.05) is 22.0 Å². The lowest BCUT2D eigenvalue weighted by Gasteiger charge is -2.14. The van der Waals surface area contributed by atoms with Crippen molar-refractivity contribution in [3.63, 3.8) is 0 Å². The van der Waals surface area contributed by atoms with Gasteiger partial charge >= 0.3 is 6.09 Å². The van der Waals surface area contributed by atoms with E-state index in [-0.39, 0.29) is 12.0 Å². The zero-order chi connectivity index (χ0) is 19.5. The molecule has 1 aromatic heterocycles. The van der Waals surface area contributed by atoms with Crippen molar-refractivity contribution in [2.45, 2.75) is 32.1 Å². The third-order valence-electron chi connectivity index (χ3n) is 5.18. The van der Waals surface area contributed by atoms with Gasteiger partial charge in [0.1, 0.15) is 6.61 Å². The molecule has 2 heterocycles. The summed E-state index contributed by atoms with van der Waals surface area (Å²) < 4.78 is 7.81. The van der Waals surface area contributed by atoms with E-state index in [9.17, 15) is 9.59 Å². The number of amides is 2. The molecule has 1 fully saturated rings. The lowest BCUT2D eigenvalue weighted by molar-refractivity contribution is 0.0946. The van der Waals surface area contributed by atoms with Gasteiger partial charge in [0.2, 0.25) is 0 Å². The Bertz CT molecular complexity index is 896. The first kappa shape index (κ1) is 19.0. The quantitative estimate of drug-likeness (QED) is 0.691. The predicted molar refractivity (Wildman–Crippen MR) is 108 cm³/mol. The number of nitrogens with one attached hydrogen (secondary N) is 1. The second-order valence-corrected chi connectivity index (χ2v) is 8.00. The van der Waals surface area contributed by atoms with E-state index in [1.807, 2.05) is 28.9 Å². The van der Waals surface area contributed by atoms with Crippen molar-refractivity contribution >= 4 is 27.9 Å². The first-order valence-electron chi connectivity index (χ1n) is 9.70. The molecule has 1 aromatic carbocycles. The normalized spacial score (nSPS) is 16.0. The molecule has 0 radical (unpaired) electrons. The molecule has 1 N–H and O–H groups in total. The van der Waals surface area contributed by atoms with Crippen molar-refractivity contribution in [3.05, 3.63) is 45.7 Å². The SMILES string of the molecule is O=C(NCCCN1CCOC1=O)c1nn(-c2cccc(Br)c2)c2c1CCCC2. The molecule has 7 nitrogen and oxygen atoms in total. The van der Waals surface area contributed by atoms with E-state index >= 15 is 0 Å². The maximum Gasteiger partial charge on any atom is 0.409 e. The number of hydrogen-bond donors (Lipinski definition) is 1. The molecule has 2 aromatic rings. The molecule has 2 amide bonds. The van der Waals surface area contributed by atoms with Gasteiger partial charge < -0.3 is 15.0 Å². The number of carbonyl (C=O) groups is 2. The summed E-state index contributed by atoms with van der Waals surface area (Å²) in [5.74, 6) is -0.143. The Hall–Kier alpha value is -2.35. The number of benzene rings is 1. The Morgan fingerprint density at radius 3 is 2.93 bits per heavy atom. The number of rotatable bonds is 6. The Morgan fingerprint density at radius 1 is 1.29 bits per heavy atom. The largest absolute Gasteiger partial charge is 0.448 e. The number of cyclic esters (lactones) is 1. The molecule has 148 valence electrons. The fourth-order valence-electron chi connectivity index (χ4n) is 3.79. The maximum absolute atomic E-state index is 12.8. The summed E-state index contributed by atoms with van der Waals surface area (Å²) in [5.41, 5.74) is 3.68. The molecule has 1 aliphatic heterocycles. The fourth-order valence-corrected chi connectivity index (χ4v) is 4.17. The van der Waals surface area contributed by atoms with Crippen LogP contribution in [-0.4, -0.2) is 52.9 Å². The van der Waals surface area contributed by atoms with Gasteiger partial charge in [0.15, 0.2) is 5.69 Å². The number of halogens is 1. The first-order valence-corrected chi connectivity index (χ1v) is 10.5. The summed E-state index contributed by atoms with van der Waals surface area (Å²) in [7, 11) is 0. The second-order valence-electron chi connectivity index (χ2n) is 7.08. The number of carbonyl (C=O) groups excluding carboxylic acids is 2. The van der Waals surface area contributed by atoms with Crippen LogP contribution in [0.1, 0.15) is 41.0 Å². The van der Waals surface area contributed by atoms with Gasteiger partial charge in [0, 0.05) is 28.8 Å². The molecule has 0 bridgehead atoms. The highest BCUT2D eigenvalue weighted by Crippen LogP contribution is 2.27. The summed E-state index contributed by atoms with van der Waals surface area (Å²) in [6.45, 7) is 2.16. The zero-order valence-electron chi connectivity index (χ0n) is 15.6. The van der Waals surface area contributed by atoms with E-state index in [0.717, 1.165) is 47.1 Å². The summed E-state index contributed by atoms with van der Waals surface area (Å²) >= 11 is 3.51. The number of fused-ring (bicyclic) bond motifs is 1. The van der Waals surface area contributed by atoms with E-state index in [4.69, 9.17) is 4.74 Å². The number of nitrogens with zero attached hydrogens (tertiary/aromatic N) is 3. The van der Waals surface area contributed by atoms with Crippen LogP contribution in [0.3, 0.4) is 0 Å². The van der Waals surface area contributed by atoms with Gasteiger partial charge in [-0.2, -0.15) is 5.10 Å². The van der Waals surface area contributed by atoms with Crippen LogP contribution >= 0.6 is 15.9 Å². The Kier molecular flexibility index (Phi) is 5.66. The molecular formula is C20H23BrN4O3. The van der Waals surface area contributed by atoms with Crippen LogP contribution in [0.4, 0.5) is 4.79 Å². The van der Waals surface area contributed by atoms with Crippen LogP contribution in [-0.2, 0) is 17.6 Å². The highest BCUT2D eigenvalue weighted by Gasteiger charge is 2.26. The zero-order valence-corrected chi connectivity index (χ0v) is 17.2. The van der Waals surface area contributed by atoms with Crippen molar-refractivity contribution in [1.29, 1.82) is 0 Å². The molecule has 1 aliphatic carbocycles. The van der Waals surface area contributed by atoms with Gasteiger partial charge in [-0.05, 0) is 50.3 Å². The third-order valence-corrected chi connectivity index (χ3v) is 5.68. The third kappa shape index (κ3) is 3.92. The number of aromatic nitrogens is 2. The first-order chi connectivity index (χ1) is 13.6. The molecule has 8 heteroatoms. The van der Waals surface area contributed by atoms with Crippen molar-refractivity contribution in [3.8, 4) is 5.69 Å². The summed E-state index contributed by atoms with van der Waals surface area (Å²) in [4.78, 5) is 25.9. The van der Waals surface area contributed by atoms with E-state index in [1.165, 1.54) is 0 Å². The molecule has 0 spiro atoms. The van der Waals surface area contributed by atoms with Crippen LogP contribution in [0.5, 0.6) is 0 Å². The molecule has 2 aliphatic rings. The average molecular weight is 447 g/mol. The highest BCUT2D eigenvalue weighted by atomic mass is 79.9. The Balaban J connectivity index is 1.46. The molecule has 1 saturated heterocycles. The van der Waals surface area contributed by atoms with E-state index < -0.39 is 0 Å². The molecule has 0 unspecified atom stereocenters. The lowest BCUT2D eigenvalue weighted by atomic mass is 9.95. The maximum atomic E-state index is 12.8. The predicted octanol–water partition coefficient (Wildman–Crippen LogP) is 3.09. The summed E-state index contributed by atoms with van der Waals surface area (Å²) in [6, 6.07) is 7.96. The van der Waals surface area contributed by atoms with Gasteiger partial charge in [-0.25, -0.2) is 9.48 Å². The second kappa shape index (κ2) is 8.34. The van der Waals surface area contributed by atoms with E-state index in [2.05, 4.69) is 26.3 Å². The molecule has 0 saturated carbocycles. The molecule has 0 atom stereocenters. The van der Waals surface area contributed by atoms with Crippen LogP contribution in [0, 0.1) is 0 Å². The standard InChI is InChI=1S/C20H23BrN4O3/c21-14-5-3-6-15(13-14)25-17-8-2-1-7-16(17)18(23-25)19(26)22-9-4-10-24-11-12-28-20(24)27/h3,5-6,13H,1-2,4,7-12H2,(H,22,26). The van der Waals surface area contributed by atoms with Gasteiger partial charge in [0.05, 0.1) is 12.2 Å². The highest BCUT2D eigenvalue weighted by molar-refractivity contribution is 9.10. The van der Waals surface area contributed by atoms with Crippen LogP contribution < -0.4 is 5.32 Å².